The third-order valence-electron chi connectivity index (χ3n) is 4.30. The van der Waals surface area contributed by atoms with Crippen LogP contribution in [-0.2, 0) is 13.5 Å². The summed E-state index contributed by atoms with van der Waals surface area (Å²) >= 11 is 6.28. The minimum Gasteiger partial charge on any atom is -0.389 e. The highest BCUT2D eigenvalue weighted by Crippen LogP contribution is 2.49. The first kappa shape index (κ1) is 13.9. The van der Waals surface area contributed by atoms with Crippen LogP contribution in [0.5, 0.6) is 0 Å². The molecule has 2 atom stereocenters. The second-order valence-corrected chi connectivity index (χ2v) is 7.07. The van der Waals surface area contributed by atoms with E-state index < -0.39 is 5.60 Å². The molecule has 0 bridgehead atoms. The zero-order chi connectivity index (χ0) is 13.7. The van der Waals surface area contributed by atoms with E-state index in [1.807, 2.05) is 14.0 Å². The third kappa shape index (κ3) is 2.30. The van der Waals surface area contributed by atoms with Crippen LogP contribution in [0, 0.1) is 18.3 Å². The van der Waals surface area contributed by atoms with Crippen LogP contribution in [-0.4, -0.2) is 20.5 Å². The van der Waals surface area contributed by atoms with E-state index in [0.717, 1.165) is 24.2 Å². The lowest BCUT2D eigenvalue weighted by molar-refractivity contribution is 0.00286. The lowest BCUT2D eigenvalue weighted by Crippen LogP contribution is -2.35. The second kappa shape index (κ2) is 4.24. The Balaban J connectivity index is 2.28. The monoisotopic (exact) mass is 270 g/mol. The highest BCUT2D eigenvalue weighted by atomic mass is 35.5. The molecule has 2 unspecified atom stereocenters. The Labute approximate surface area is 114 Å². The summed E-state index contributed by atoms with van der Waals surface area (Å²) < 4.78 is 1.80. The largest absolute Gasteiger partial charge is 0.389 e. The fourth-order valence-corrected chi connectivity index (χ4v) is 3.72. The number of aliphatic hydroxyl groups is 1. The van der Waals surface area contributed by atoms with Gasteiger partial charge in [-0.05, 0) is 31.1 Å². The van der Waals surface area contributed by atoms with Crippen molar-refractivity contribution in [2.45, 2.75) is 52.6 Å². The van der Waals surface area contributed by atoms with Gasteiger partial charge in [0, 0.05) is 13.5 Å². The van der Waals surface area contributed by atoms with Gasteiger partial charge >= 0.3 is 0 Å². The Bertz CT molecular complexity index is 467. The van der Waals surface area contributed by atoms with Crippen molar-refractivity contribution in [1.82, 2.24) is 9.78 Å². The van der Waals surface area contributed by atoms with Gasteiger partial charge in [0.1, 0.15) is 0 Å². The van der Waals surface area contributed by atoms with Crippen LogP contribution in [0.4, 0.5) is 0 Å². The van der Waals surface area contributed by atoms with Gasteiger partial charge in [0.05, 0.1) is 22.0 Å². The molecule has 4 heteroatoms. The summed E-state index contributed by atoms with van der Waals surface area (Å²) in [6.07, 6.45) is 2.47. The molecule has 18 heavy (non-hydrogen) atoms. The molecular weight excluding hydrogens is 248 g/mol. The minimum absolute atomic E-state index is 0.203. The molecule has 1 fully saturated rings. The Morgan fingerprint density at radius 3 is 2.50 bits per heavy atom. The highest BCUT2D eigenvalue weighted by molar-refractivity contribution is 6.31. The van der Waals surface area contributed by atoms with Gasteiger partial charge in [-0.15, -0.1) is 0 Å². The van der Waals surface area contributed by atoms with Crippen molar-refractivity contribution in [2.75, 3.05) is 0 Å². The van der Waals surface area contributed by atoms with E-state index in [1.54, 1.807) is 4.68 Å². The summed E-state index contributed by atoms with van der Waals surface area (Å²) in [6.45, 7) is 8.47. The van der Waals surface area contributed by atoms with Crippen molar-refractivity contribution in [3.63, 3.8) is 0 Å². The van der Waals surface area contributed by atoms with Crippen molar-refractivity contribution in [3.8, 4) is 0 Å². The second-order valence-electron chi connectivity index (χ2n) is 6.70. The van der Waals surface area contributed by atoms with Gasteiger partial charge in [-0.2, -0.15) is 5.10 Å². The molecule has 1 aromatic heterocycles. The van der Waals surface area contributed by atoms with Gasteiger partial charge in [0.15, 0.2) is 0 Å². The predicted octanol–water partition coefficient (Wildman–Crippen LogP) is 3.11. The molecule has 0 saturated heterocycles. The highest BCUT2D eigenvalue weighted by Gasteiger charge is 2.48. The van der Waals surface area contributed by atoms with Crippen molar-refractivity contribution in [2.24, 2.45) is 18.4 Å². The molecule has 1 aliphatic rings. The first-order chi connectivity index (χ1) is 8.15. The van der Waals surface area contributed by atoms with E-state index in [0.29, 0.717) is 17.4 Å². The Morgan fingerprint density at radius 1 is 1.50 bits per heavy atom. The van der Waals surface area contributed by atoms with Crippen molar-refractivity contribution < 1.29 is 5.11 Å². The third-order valence-corrected chi connectivity index (χ3v) is 4.79. The number of rotatable bonds is 2. The molecule has 1 N–H and O–H groups in total. The summed E-state index contributed by atoms with van der Waals surface area (Å²) in [5, 5.41) is 15.9. The smallest absolute Gasteiger partial charge is 0.0848 e. The molecule has 3 nitrogen and oxygen atoms in total. The van der Waals surface area contributed by atoms with Gasteiger partial charge < -0.3 is 5.11 Å². The standard InChI is InChI=1S/C14H23ClN2O/c1-9-6-13(3,4)8-14(9,18)7-11-12(15)10(2)16-17(11)5/h9,18H,6-8H2,1-5H3. The molecule has 0 aromatic carbocycles. The summed E-state index contributed by atoms with van der Waals surface area (Å²) in [6, 6.07) is 0. The van der Waals surface area contributed by atoms with Crippen LogP contribution >= 0.6 is 11.6 Å². The number of aromatic nitrogens is 2. The predicted molar refractivity (Wildman–Crippen MR) is 73.8 cm³/mol. The van der Waals surface area contributed by atoms with E-state index >= 15 is 0 Å². The maximum atomic E-state index is 10.9. The van der Waals surface area contributed by atoms with Crippen LogP contribution in [0.2, 0.25) is 5.02 Å². The normalized spacial score (nSPS) is 30.9. The van der Waals surface area contributed by atoms with Crippen LogP contribution in [0.3, 0.4) is 0 Å². The zero-order valence-corrected chi connectivity index (χ0v) is 12.7. The van der Waals surface area contributed by atoms with Crippen molar-refractivity contribution in [1.29, 1.82) is 0 Å². The van der Waals surface area contributed by atoms with E-state index in [1.165, 1.54) is 0 Å². The maximum Gasteiger partial charge on any atom is 0.0848 e. The number of hydrogen-bond acceptors (Lipinski definition) is 2. The van der Waals surface area contributed by atoms with E-state index in [4.69, 9.17) is 11.6 Å². The summed E-state index contributed by atoms with van der Waals surface area (Å²) in [7, 11) is 1.89. The summed E-state index contributed by atoms with van der Waals surface area (Å²) in [4.78, 5) is 0. The van der Waals surface area contributed by atoms with E-state index in [2.05, 4.69) is 25.9 Å². The molecule has 0 aliphatic heterocycles. The lowest BCUT2D eigenvalue weighted by atomic mass is 9.86. The fraction of sp³-hybridized carbons (Fsp3) is 0.786. The molecule has 102 valence electrons. The molecule has 0 spiro atoms. The van der Waals surface area contributed by atoms with Gasteiger partial charge in [-0.1, -0.05) is 32.4 Å². The molecule has 0 amide bonds. The Hall–Kier alpha value is -0.540. The molecule has 1 saturated carbocycles. The maximum absolute atomic E-state index is 10.9. The molecule has 0 radical (unpaired) electrons. The van der Waals surface area contributed by atoms with Crippen molar-refractivity contribution in [3.05, 3.63) is 16.4 Å². The molecular formula is C14H23ClN2O. The van der Waals surface area contributed by atoms with Gasteiger partial charge in [0.2, 0.25) is 0 Å². The zero-order valence-electron chi connectivity index (χ0n) is 11.9. The minimum atomic E-state index is -0.659. The average molecular weight is 271 g/mol. The quantitative estimate of drug-likeness (QED) is 0.897. The fourth-order valence-electron chi connectivity index (χ4n) is 3.49. The number of hydrogen-bond donors (Lipinski definition) is 1. The van der Waals surface area contributed by atoms with Gasteiger partial charge in [0.25, 0.3) is 0 Å². The SMILES string of the molecule is Cc1nn(C)c(CC2(O)CC(C)(C)CC2C)c1Cl. The number of nitrogens with zero attached hydrogens (tertiary/aromatic N) is 2. The molecule has 1 aliphatic carbocycles. The Morgan fingerprint density at radius 2 is 2.11 bits per heavy atom. The summed E-state index contributed by atoms with van der Waals surface area (Å²) in [5.41, 5.74) is 1.32. The van der Waals surface area contributed by atoms with Crippen molar-refractivity contribution >= 4 is 11.6 Å². The number of halogens is 1. The Kier molecular flexibility index (Phi) is 3.27. The van der Waals surface area contributed by atoms with Gasteiger partial charge in [-0.3, -0.25) is 4.68 Å². The van der Waals surface area contributed by atoms with Crippen LogP contribution in [0.25, 0.3) is 0 Å². The molecule has 1 aromatic rings. The van der Waals surface area contributed by atoms with Gasteiger partial charge in [-0.25, -0.2) is 0 Å². The van der Waals surface area contributed by atoms with Crippen LogP contribution in [0.15, 0.2) is 0 Å². The summed E-state index contributed by atoms with van der Waals surface area (Å²) in [5.74, 6) is 0.291. The van der Waals surface area contributed by atoms with E-state index in [9.17, 15) is 5.11 Å². The van der Waals surface area contributed by atoms with Crippen LogP contribution in [0.1, 0.15) is 45.0 Å². The van der Waals surface area contributed by atoms with E-state index in [-0.39, 0.29) is 5.41 Å². The number of aryl methyl sites for hydroxylation is 2. The molecule has 2 rings (SSSR count). The first-order valence-corrected chi connectivity index (χ1v) is 6.93. The average Bonchev–Trinajstić information content (AvgIpc) is 2.55. The molecule has 1 heterocycles. The van der Waals surface area contributed by atoms with Crippen LogP contribution < -0.4 is 0 Å². The topological polar surface area (TPSA) is 38.0 Å². The lowest BCUT2D eigenvalue weighted by Gasteiger charge is -2.28. The first-order valence-electron chi connectivity index (χ1n) is 6.55.